The van der Waals surface area contributed by atoms with Gasteiger partial charge in [-0.3, -0.25) is 0 Å². The van der Waals surface area contributed by atoms with E-state index < -0.39 is 0 Å². The minimum atomic E-state index is 0.599. The van der Waals surface area contributed by atoms with Crippen molar-refractivity contribution in [2.75, 3.05) is 19.0 Å². The van der Waals surface area contributed by atoms with Crippen molar-refractivity contribution in [2.45, 2.75) is 0 Å². The lowest BCUT2D eigenvalue weighted by Gasteiger charge is -2.11. The second-order valence-corrected chi connectivity index (χ2v) is 3.95. The van der Waals surface area contributed by atoms with Gasteiger partial charge in [0.25, 0.3) is 0 Å². The lowest BCUT2D eigenvalue weighted by Crippen LogP contribution is -2.07. The Morgan fingerprint density at radius 3 is 2.35 bits per heavy atom. The molecule has 0 N–H and O–H groups in total. The Labute approximate surface area is 100 Å². The Morgan fingerprint density at radius 2 is 1.82 bits per heavy atom. The first-order valence-corrected chi connectivity index (χ1v) is 5.33. The molecule has 0 saturated carbocycles. The van der Waals surface area contributed by atoms with Crippen LogP contribution in [0, 0.1) is 0 Å². The summed E-state index contributed by atoms with van der Waals surface area (Å²) in [4.78, 5) is 6.11. The van der Waals surface area contributed by atoms with E-state index in [4.69, 9.17) is 0 Å². The number of rotatable bonds is 3. The van der Waals surface area contributed by atoms with Crippen molar-refractivity contribution in [3.63, 3.8) is 0 Å². The highest BCUT2D eigenvalue weighted by Crippen LogP contribution is 2.20. The molecule has 1 aromatic heterocycles. The molecule has 0 saturated heterocycles. The Hall–Kier alpha value is -2.17. The lowest BCUT2D eigenvalue weighted by atomic mass is 10.3. The Morgan fingerprint density at radius 1 is 1.12 bits per heavy atom. The van der Waals surface area contributed by atoms with Crippen molar-refractivity contribution in [2.24, 2.45) is 17.3 Å². The van der Waals surface area contributed by atoms with Crippen LogP contribution in [0.4, 0.5) is 17.3 Å². The van der Waals surface area contributed by atoms with Crippen LogP contribution in [0.2, 0.25) is 0 Å². The SMILES string of the molecule is CN(C)c1ccc(/N=N\c2nccn2C)cc1. The molecule has 1 heterocycles. The monoisotopic (exact) mass is 229 g/mol. The highest BCUT2D eigenvalue weighted by Gasteiger charge is 1.97. The molecule has 5 heteroatoms. The van der Waals surface area contributed by atoms with Gasteiger partial charge < -0.3 is 9.47 Å². The highest BCUT2D eigenvalue weighted by atomic mass is 15.2. The Kier molecular flexibility index (Phi) is 3.18. The van der Waals surface area contributed by atoms with E-state index in [1.165, 1.54) is 0 Å². The number of aryl methyl sites for hydroxylation is 1. The predicted molar refractivity (Wildman–Crippen MR) is 68.2 cm³/mol. The fourth-order valence-corrected chi connectivity index (χ4v) is 1.37. The van der Waals surface area contributed by atoms with Gasteiger partial charge in [-0.05, 0) is 24.3 Å². The van der Waals surface area contributed by atoms with E-state index in [1.54, 1.807) is 6.20 Å². The van der Waals surface area contributed by atoms with Crippen LogP contribution in [0.25, 0.3) is 0 Å². The largest absolute Gasteiger partial charge is 0.378 e. The zero-order chi connectivity index (χ0) is 12.3. The minimum absolute atomic E-state index is 0.599. The smallest absolute Gasteiger partial charge is 0.249 e. The van der Waals surface area contributed by atoms with Gasteiger partial charge in [-0.25, -0.2) is 4.98 Å². The van der Waals surface area contributed by atoms with Gasteiger partial charge in [0.05, 0.1) is 5.69 Å². The average molecular weight is 229 g/mol. The number of aromatic nitrogens is 2. The van der Waals surface area contributed by atoms with E-state index in [-0.39, 0.29) is 0 Å². The van der Waals surface area contributed by atoms with E-state index >= 15 is 0 Å². The van der Waals surface area contributed by atoms with Crippen molar-refractivity contribution in [1.82, 2.24) is 9.55 Å². The summed E-state index contributed by atoms with van der Waals surface area (Å²) in [5, 5.41) is 8.21. The van der Waals surface area contributed by atoms with Crippen LogP contribution < -0.4 is 4.90 Å². The summed E-state index contributed by atoms with van der Waals surface area (Å²) in [6, 6.07) is 7.88. The molecule has 0 bridgehead atoms. The van der Waals surface area contributed by atoms with Crippen LogP contribution in [0.15, 0.2) is 46.9 Å². The Balaban J connectivity index is 2.14. The molecule has 0 fully saturated rings. The maximum Gasteiger partial charge on any atom is 0.249 e. The van der Waals surface area contributed by atoms with Crippen molar-refractivity contribution in [3.05, 3.63) is 36.7 Å². The van der Waals surface area contributed by atoms with Crippen LogP contribution in [-0.4, -0.2) is 23.6 Å². The molecule has 0 unspecified atom stereocenters. The lowest BCUT2D eigenvalue weighted by molar-refractivity contribution is 0.893. The first kappa shape index (κ1) is 11.3. The van der Waals surface area contributed by atoms with Gasteiger partial charge in [-0.15, -0.1) is 10.2 Å². The van der Waals surface area contributed by atoms with Crippen LogP contribution in [-0.2, 0) is 7.05 Å². The highest BCUT2D eigenvalue weighted by molar-refractivity contribution is 5.51. The van der Waals surface area contributed by atoms with Gasteiger partial charge in [0.15, 0.2) is 0 Å². The van der Waals surface area contributed by atoms with E-state index in [0.717, 1.165) is 11.4 Å². The summed E-state index contributed by atoms with van der Waals surface area (Å²) in [5.41, 5.74) is 1.96. The molecule has 0 radical (unpaired) electrons. The van der Waals surface area contributed by atoms with Crippen LogP contribution >= 0.6 is 0 Å². The molecule has 0 aliphatic rings. The standard InChI is InChI=1S/C12H15N5/c1-16(2)11-6-4-10(5-7-11)14-15-12-13-8-9-17(12)3/h4-9H,1-3H3/b15-14-. The summed E-state index contributed by atoms with van der Waals surface area (Å²) >= 11 is 0. The third-order valence-corrected chi connectivity index (χ3v) is 2.42. The fraction of sp³-hybridized carbons (Fsp3) is 0.250. The van der Waals surface area contributed by atoms with Gasteiger partial charge in [0, 0.05) is 39.2 Å². The number of hydrogen-bond donors (Lipinski definition) is 0. The minimum Gasteiger partial charge on any atom is -0.378 e. The number of azo groups is 1. The molecule has 0 spiro atoms. The molecule has 5 nitrogen and oxygen atoms in total. The maximum atomic E-state index is 4.13. The summed E-state index contributed by atoms with van der Waals surface area (Å²) < 4.78 is 1.82. The summed E-state index contributed by atoms with van der Waals surface area (Å²) in [5.74, 6) is 0.599. The summed E-state index contributed by atoms with van der Waals surface area (Å²) in [6.45, 7) is 0. The molecule has 1 aromatic carbocycles. The summed E-state index contributed by atoms with van der Waals surface area (Å²) in [6.07, 6.45) is 3.53. The molecule has 2 rings (SSSR count). The van der Waals surface area contributed by atoms with Crippen molar-refractivity contribution >= 4 is 17.3 Å². The second-order valence-electron chi connectivity index (χ2n) is 3.95. The molecular formula is C12H15N5. The van der Waals surface area contributed by atoms with E-state index in [9.17, 15) is 0 Å². The molecule has 0 aliphatic carbocycles. The Bertz CT molecular complexity index is 510. The van der Waals surface area contributed by atoms with Gasteiger partial charge in [-0.1, -0.05) is 0 Å². The number of benzene rings is 1. The third kappa shape index (κ3) is 2.69. The van der Waals surface area contributed by atoms with E-state index in [1.807, 2.05) is 61.1 Å². The van der Waals surface area contributed by atoms with Gasteiger partial charge in [0.2, 0.25) is 5.95 Å². The normalized spacial score (nSPS) is 11.0. The number of anilines is 1. The number of imidazole rings is 1. The van der Waals surface area contributed by atoms with Crippen molar-refractivity contribution < 1.29 is 0 Å². The predicted octanol–water partition coefficient (Wildman–Crippen LogP) is 2.90. The van der Waals surface area contributed by atoms with Gasteiger partial charge in [0.1, 0.15) is 0 Å². The molecule has 0 atom stereocenters. The van der Waals surface area contributed by atoms with Crippen LogP contribution in [0.1, 0.15) is 0 Å². The maximum absolute atomic E-state index is 4.13. The number of nitrogens with zero attached hydrogens (tertiary/aromatic N) is 5. The molecule has 17 heavy (non-hydrogen) atoms. The molecule has 0 amide bonds. The number of hydrogen-bond acceptors (Lipinski definition) is 4. The fourth-order valence-electron chi connectivity index (χ4n) is 1.37. The van der Waals surface area contributed by atoms with E-state index in [2.05, 4.69) is 15.2 Å². The van der Waals surface area contributed by atoms with Crippen molar-refractivity contribution in [1.29, 1.82) is 0 Å². The quantitative estimate of drug-likeness (QED) is 0.760. The second kappa shape index (κ2) is 4.78. The molecule has 0 aliphatic heterocycles. The molecule has 88 valence electrons. The topological polar surface area (TPSA) is 45.8 Å². The first-order valence-electron chi connectivity index (χ1n) is 5.33. The van der Waals surface area contributed by atoms with Gasteiger partial charge in [-0.2, -0.15) is 0 Å². The zero-order valence-corrected chi connectivity index (χ0v) is 10.2. The summed E-state index contributed by atoms with van der Waals surface area (Å²) in [7, 11) is 5.89. The third-order valence-electron chi connectivity index (χ3n) is 2.42. The zero-order valence-electron chi connectivity index (χ0n) is 10.2. The molecular weight excluding hydrogens is 214 g/mol. The van der Waals surface area contributed by atoms with Crippen molar-refractivity contribution in [3.8, 4) is 0 Å². The molecule has 2 aromatic rings. The van der Waals surface area contributed by atoms with E-state index in [0.29, 0.717) is 5.95 Å². The van der Waals surface area contributed by atoms with Gasteiger partial charge >= 0.3 is 0 Å². The van der Waals surface area contributed by atoms with Crippen LogP contribution in [0.5, 0.6) is 0 Å². The van der Waals surface area contributed by atoms with Crippen LogP contribution in [0.3, 0.4) is 0 Å². The first-order chi connectivity index (χ1) is 8.16. The average Bonchev–Trinajstić information content (AvgIpc) is 2.73.